The van der Waals surface area contributed by atoms with Crippen molar-refractivity contribution in [2.45, 2.75) is 90.9 Å². The second-order valence-corrected chi connectivity index (χ2v) is 11.5. The second-order valence-electron chi connectivity index (χ2n) is 11.1. The predicted octanol–water partition coefficient (Wildman–Crippen LogP) is 7.65. The predicted molar refractivity (Wildman–Crippen MR) is 130 cm³/mol. The van der Waals surface area contributed by atoms with Crippen molar-refractivity contribution >= 4 is 23.4 Å². The van der Waals surface area contributed by atoms with Crippen LogP contribution in [0.15, 0.2) is 22.7 Å². The van der Waals surface area contributed by atoms with E-state index >= 15 is 0 Å². The molecule has 0 radical (unpaired) electrons. The Bertz CT molecular complexity index is 1050. The van der Waals surface area contributed by atoms with Gasteiger partial charge >= 0.3 is 5.97 Å². The van der Waals surface area contributed by atoms with Crippen LogP contribution in [0, 0.1) is 18.3 Å². The average molecular weight is 510 g/mol. The van der Waals surface area contributed by atoms with Crippen LogP contribution in [0.5, 0.6) is 0 Å². The molecule has 0 saturated heterocycles. The lowest BCUT2D eigenvalue weighted by Crippen LogP contribution is -2.26. The van der Waals surface area contributed by atoms with E-state index in [4.69, 9.17) is 16.1 Å². The van der Waals surface area contributed by atoms with E-state index in [2.05, 4.69) is 25.9 Å². The topological polar surface area (TPSA) is 80.4 Å². The Labute approximate surface area is 210 Å². The molecular weight excluding hydrogens is 476 g/mol. The average Bonchev–Trinajstić information content (AvgIpc) is 3.13. The van der Waals surface area contributed by atoms with E-state index in [0.29, 0.717) is 16.5 Å². The smallest absolute Gasteiger partial charge is 0.303 e. The zero-order chi connectivity index (χ0) is 25.9. The van der Waals surface area contributed by atoms with E-state index < -0.39 is 18.3 Å². The van der Waals surface area contributed by atoms with Crippen molar-refractivity contribution in [2.24, 2.45) is 11.3 Å². The highest BCUT2D eigenvalue weighted by Crippen LogP contribution is 2.50. The number of carbonyl (C=O) groups is 2. The van der Waals surface area contributed by atoms with E-state index in [9.17, 15) is 23.5 Å². The third-order valence-corrected chi connectivity index (χ3v) is 7.02. The summed E-state index contributed by atoms with van der Waals surface area (Å²) in [4.78, 5) is 24.1. The molecule has 1 fully saturated rings. The zero-order valence-corrected chi connectivity index (χ0v) is 21.5. The monoisotopic (exact) mass is 509 g/mol. The Morgan fingerprint density at radius 1 is 1.26 bits per heavy atom. The van der Waals surface area contributed by atoms with Gasteiger partial charge in [-0.15, -0.1) is 0 Å². The number of nitrogens with zero attached hydrogens (tertiary/aromatic N) is 1. The van der Waals surface area contributed by atoms with Gasteiger partial charge in [-0.1, -0.05) is 49.7 Å². The molecule has 0 bridgehead atoms. The minimum absolute atomic E-state index is 0.0128. The molecule has 0 amide bonds. The number of halogens is 3. The van der Waals surface area contributed by atoms with Gasteiger partial charge in [0, 0.05) is 36.1 Å². The Balaban J connectivity index is 1.80. The summed E-state index contributed by atoms with van der Waals surface area (Å²) in [6, 6.07) is 5.38. The summed E-state index contributed by atoms with van der Waals surface area (Å²) in [7, 11) is 0. The normalized spacial score (nSPS) is 19.0. The quantitative estimate of drug-likeness (QED) is 0.336. The molecule has 1 aliphatic carbocycles. The van der Waals surface area contributed by atoms with Crippen LogP contribution in [-0.4, -0.2) is 22.0 Å². The van der Waals surface area contributed by atoms with Crippen molar-refractivity contribution in [3.63, 3.8) is 0 Å². The van der Waals surface area contributed by atoms with Crippen LogP contribution in [0.25, 0.3) is 0 Å². The van der Waals surface area contributed by atoms with Crippen LogP contribution in [-0.2, 0) is 16.0 Å². The molecule has 1 aromatic carbocycles. The number of aromatic nitrogens is 1. The maximum atomic E-state index is 14.2. The van der Waals surface area contributed by atoms with Crippen LogP contribution >= 0.6 is 11.6 Å². The molecule has 0 unspecified atom stereocenters. The number of carbonyl (C=O) groups excluding carboxylic acids is 1. The summed E-state index contributed by atoms with van der Waals surface area (Å²) < 4.78 is 33.9. The third kappa shape index (κ3) is 7.35. The zero-order valence-electron chi connectivity index (χ0n) is 20.7. The number of carboxylic acids is 1. The van der Waals surface area contributed by atoms with Crippen molar-refractivity contribution < 1.29 is 28.0 Å². The first-order valence-electron chi connectivity index (χ1n) is 12.1. The second kappa shape index (κ2) is 11.2. The highest BCUT2D eigenvalue weighted by molar-refractivity contribution is 6.31. The van der Waals surface area contributed by atoms with Crippen LogP contribution in [0.4, 0.5) is 8.78 Å². The fraction of sp³-hybridized carbons (Fsp3) is 0.593. The largest absolute Gasteiger partial charge is 0.481 e. The Morgan fingerprint density at radius 3 is 2.51 bits per heavy atom. The number of ketones is 1. The van der Waals surface area contributed by atoms with Gasteiger partial charge < -0.3 is 9.63 Å². The number of hydrogen-bond acceptors (Lipinski definition) is 4. The molecule has 0 aliphatic heterocycles. The molecule has 1 atom stereocenters. The van der Waals surface area contributed by atoms with Crippen LogP contribution in [0.2, 0.25) is 5.02 Å². The maximum Gasteiger partial charge on any atom is 0.303 e. The number of aliphatic carboxylic acids is 1. The van der Waals surface area contributed by atoms with Gasteiger partial charge in [0.05, 0.1) is 11.3 Å². The van der Waals surface area contributed by atoms with E-state index in [-0.39, 0.29) is 59.8 Å². The molecule has 1 aliphatic rings. The summed E-state index contributed by atoms with van der Waals surface area (Å²) in [5.41, 5.74) is 1.52. The SMILES string of the molecule is Cc1ccc(CC(=O)C[C@@H](CCC(=O)O)c2noc(C3CC(CC(C)(C)C)C3)c2C(F)F)c(Cl)c1. The standard InChI is InChI=1S/C27H34ClF2NO4/c1-15-5-6-17(21(28)9-15)12-20(32)13-18(7-8-22(33)34)24-23(26(29)30)25(35-31-24)19-10-16(11-19)14-27(2,3)4/h5-6,9,16,18-19,26H,7-8,10-14H2,1-4H3,(H,33,34)/t16?,18-,19?/m1/s1. The minimum Gasteiger partial charge on any atom is -0.481 e. The van der Waals surface area contributed by atoms with Gasteiger partial charge in [-0.25, -0.2) is 8.78 Å². The first-order valence-corrected chi connectivity index (χ1v) is 12.5. The minimum atomic E-state index is -2.82. The number of hydrogen-bond donors (Lipinski definition) is 1. The molecule has 3 rings (SSSR count). The Kier molecular flexibility index (Phi) is 8.73. The molecule has 35 heavy (non-hydrogen) atoms. The van der Waals surface area contributed by atoms with Crippen LogP contribution < -0.4 is 0 Å². The molecule has 5 nitrogen and oxygen atoms in total. The van der Waals surface area contributed by atoms with Gasteiger partial charge in [-0.3, -0.25) is 9.59 Å². The molecule has 0 spiro atoms. The number of carboxylic acid groups (broad SMARTS) is 1. The molecule has 2 aromatic rings. The van der Waals surface area contributed by atoms with E-state index in [0.717, 1.165) is 24.8 Å². The molecular formula is C27H34ClF2NO4. The van der Waals surface area contributed by atoms with Crippen molar-refractivity contribution in [1.82, 2.24) is 5.16 Å². The summed E-state index contributed by atoms with van der Waals surface area (Å²) in [6.07, 6.45) is -0.605. The van der Waals surface area contributed by atoms with Crippen molar-refractivity contribution in [3.05, 3.63) is 51.4 Å². The molecule has 8 heteroatoms. The fourth-order valence-electron chi connectivity index (χ4n) is 5.10. The molecule has 1 saturated carbocycles. The molecule has 1 aromatic heterocycles. The maximum absolute atomic E-state index is 14.2. The Morgan fingerprint density at radius 2 is 1.94 bits per heavy atom. The lowest BCUT2D eigenvalue weighted by atomic mass is 9.67. The number of aryl methyl sites for hydroxylation is 1. The van der Waals surface area contributed by atoms with Crippen LogP contribution in [0.1, 0.15) is 106 Å². The highest BCUT2D eigenvalue weighted by Gasteiger charge is 2.40. The number of benzene rings is 1. The molecule has 1 heterocycles. The van der Waals surface area contributed by atoms with Gasteiger partial charge in [-0.2, -0.15) is 0 Å². The molecule has 192 valence electrons. The van der Waals surface area contributed by atoms with E-state index in [1.807, 2.05) is 13.0 Å². The third-order valence-electron chi connectivity index (χ3n) is 6.67. The van der Waals surface area contributed by atoms with Gasteiger partial charge in [-0.05, 0) is 61.1 Å². The van der Waals surface area contributed by atoms with Crippen molar-refractivity contribution in [1.29, 1.82) is 0 Å². The first kappa shape index (κ1) is 27.3. The summed E-state index contributed by atoms with van der Waals surface area (Å²) in [6.45, 7) is 8.36. The fourth-order valence-corrected chi connectivity index (χ4v) is 5.40. The van der Waals surface area contributed by atoms with E-state index in [1.54, 1.807) is 12.1 Å². The Hall–Kier alpha value is -2.28. The summed E-state index contributed by atoms with van der Waals surface area (Å²) >= 11 is 6.25. The van der Waals surface area contributed by atoms with Crippen LogP contribution in [0.3, 0.4) is 0 Å². The highest BCUT2D eigenvalue weighted by atomic mass is 35.5. The van der Waals surface area contributed by atoms with Crippen molar-refractivity contribution in [2.75, 3.05) is 0 Å². The number of Topliss-reactive ketones (excluding diaryl/α,β-unsaturated/α-hetero) is 1. The van der Waals surface area contributed by atoms with Crippen molar-refractivity contribution in [3.8, 4) is 0 Å². The molecule has 1 N–H and O–H groups in total. The summed E-state index contributed by atoms with van der Waals surface area (Å²) in [5.74, 6) is -1.54. The van der Waals surface area contributed by atoms with Gasteiger partial charge in [0.25, 0.3) is 6.43 Å². The van der Waals surface area contributed by atoms with Gasteiger partial charge in [0.15, 0.2) is 0 Å². The van der Waals surface area contributed by atoms with Gasteiger partial charge in [0.1, 0.15) is 11.5 Å². The summed E-state index contributed by atoms with van der Waals surface area (Å²) in [5, 5.41) is 13.6. The van der Waals surface area contributed by atoms with Gasteiger partial charge in [0.2, 0.25) is 0 Å². The van der Waals surface area contributed by atoms with E-state index in [1.165, 1.54) is 0 Å². The first-order chi connectivity index (χ1) is 16.3. The lowest BCUT2D eigenvalue weighted by molar-refractivity contribution is -0.137. The number of alkyl halides is 2. The number of rotatable bonds is 11. The lowest BCUT2D eigenvalue weighted by Gasteiger charge is -2.38.